The highest BCUT2D eigenvalue weighted by molar-refractivity contribution is 5.90. The molecule has 0 bridgehead atoms. The SMILES string of the molecule is CCN(CCC#N)c1cc(C(=O)OC)ccn1. The number of nitrogens with zero attached hydrogens (tertiary/aromatic N) is 3. The molecule has 0 aliphatic heterocycles. The van der Waals surface area contributed by atoms with Gasteiger partial charge in [-0.2, -0.15) is 5.26 Å². The fourth-order valence-corrected chi connectivity index (χ4v) is 1.46. The highest BCUT2D eigenvalue weighted by atomic mass is 16.5. The third-order valence-corrected chi connectivity index (χ3v) is 2.37. The van der Waals surface area contributed by atoms with Crippen LogP contribution in [0.3, 0.4) is 0 Å². The summed E-state index contributed by atoms with van der Waals surface area (Å²) >= 11 is 0. The normalized spacial score (nSPS) is 9.47. The number of hydrogen-bond acceptors (Lipinski definition) is 5. The number of aromatic nitrogens is 1. The molecule has 0 amide bonds. The van der Waals surface area contributed by atoms with Crippen LogP contribution in [0.2, 0.25) is 0 Å². The Morgan fingerprint density at radius 1 is 1.65 bits per heavy atom. The smallest absolute Gasteiger partial charge is 0.338 e. The summed E-state index contributed by atoms with van der Waals surface area (Å²) in [6.45, 7) is 3.31. The lowest BCUT2D eigenvalue weighted by Gasteiger charge is -2.20. The summed E-state index contributed by atoms with van der Waals surface area (Å²) < 4.78 is 4.65. The van der Waals surface area contributed by atoms with Gasteiger partial charge in [-0.05, 0) is 19.1 Å². The summed E-state index contributed by atoms with van der Waals surface area (Å²) in [5.41, 5.74) is 0.466. The fraction of sp³-hybridized carbons (Fsp3) is 0.417. The van der Waals surface area contributed by atoms with E-state index in [4.69, 9.17) is 5.26 Å². The molecule has 0 N–H and O–H groups in total. The van der Waals surface area contributed by atoms with Gasteiger partial charge >= 0.3 is 5.97 Å². The van der Waals surface area contributed by atoms with Gasteiger partial charge in [0.25, 0.3) is 0 Å². The molecule has 5 nitrogen and oxygen atoms in total. The fourth-order valence-electron chi connectivity index (χ4n) is 1.46. The Morgan fingerprint density at radius 3 is 3.00 bits per heavy atom. The van der Waals surface area contributed by atoms with Crippen LogP contribution in [0, 0.1) is 11.3 Å². The van der Waals surface area contributed by atoms with Crippen LogP contribution in [-0.4, -0.2) is 31.2 Å². The van der Waals surface area contributed by atoms with Crippen LogP contribution in [0.5, 0.6) is 0 Å². The van der Waals surface area contributed by atoms with Crippen LogP contribution in [0.1, 0.15) is 23.7 Å². The van der Waals surface area contributed by atoms with E-state index in [0.717, 1.165) is 6.54 Å². The van der Waals surface area contributed by atoms with Gasteiger partial charge in [0.2, 0.25) is 0 Å². The number of methoxy groups -OCH3 is 1. The van der Waals surface area contributed by atoms with Crippen LogP contribution in [0.4, 0.5) is 5.82 Å². The van der Waals surface area contributed by atoms with E-state index in [9.17, 15) is 4.79 Å². The minimum Gasteiger partial charge on any atom is -0.465 e. The van der Waals surface area contributed by atoms with Gasteiger partial charge in [0, 0.05) is 19.3 Å². The van der Waals surface area contributed by atoms with Gasteiger partial charge in [-0.15, -0.1) is 0 Å². The maximum absolute atomic E-state index is 11.4. The van der Waals surface area contributed by atoms with Crippen molar-refractivity contribution in [1.29, 1.82) is 5.26 Å². The first-order chi connectivity index (χ1) is 8.22. The van der Waals surface area contributed by atoms with Crippen LogP contribution in [0.15, 0.2) is 18.3 Å². The molecular weight excluding hydrogens is 218 g/mol. The second kappa shape index (κ2) is 6.48. The Balaban J connectivity index is 2.89. The van der Waals surface area contributed by atoms with Crippen LogP contribution in [-0.2, 0) is 4.74 Å². The Hall–Kier alpha value is -2.09. The topological polar surface area (TPSA) is 66.2 Å². The first-order valence-corrected chi connectivity index (χ1v) is 5.39. The van der Waals surface area contributed by atoms with E-state index in [1.54, 1.807) is 18.3 Å². The molecule has 0 fully saturated rings. The predicted molar refractivity (Wildman–Crippen MR) is 63.7 cm³/mol. The predicted octanol–water partition coefficient (Wildman–Crippen LogP) is 1.61. The molecule has 1 heterocycles. The molecule has 5 heteroatoms. The Kier molecular flexibility index (Phi) is 4.95. The van der Waals surface area contributed by atoms with E-state index in [-0.39, 0.29) is 5.97 Å². The zero-order valence-corrected chi connectivity index (χ0v) is 10.0. The summed E-state index contributed by atoms with van der Waals surface area (Å²) in [4.78, 5) is 17.5. The van der Waals surface area contributed by atoms with Crippen LogP contribution < -0.4 is 4.90 Å². The highest BCUT2D eigenvalue weighted by Gasteiger charge is 2.10. The first-order valence-electron chi connectivity index (χ1n) is 5.39. The van der Waals surface area contributed by atoms with Gasteiger partial charge in [-0.1, -0.05) is 0 Å². The second-order valence-corrected chi connectivity index (χ2v) is 3.38. The summed E-state index contributed by atoms with van der Waals surface area (Å²) in [5.74, 6) is 0.302. The number of carbonyl (C=O) groups excluding carboxylic acids is 1. The molecule has 1 rings (SSSR count). The average molecular weight is 233 g/mol. The number of ether oxygens (including phenoxy) is 1. The number of esters is 1. The van der Waals surface area contributed by atoms with E-state index < -0.39 is 0 Å². The number of anilines is 1. The Morgan fingerprint density at radius 2 is 2.41 bits per heavy atom. The molecule has 0 saturated heterocycles. The minimum atomic E-state index is -0.384. The van der Waals surface area contributed by atoms with E-state index in [2.05, 4.69) is 15.8 Å². The van der Waals surface area contributed by atoms with Crippen molar-refractivity contribution in [1.82, 2.24) is 4.98 Å². The van der Waals surface area contributed by atoms with Crippen molar-refractivity contribution in [3.63, 3.8) is 0 Å². The molecule has 0 atom stereocenters. The molecule has 1 aromatic heterocycles. The maximum Gasteiger partial charge on any atom is 0.338 e. The van der Waals surface area contributed by atoms with Crippen molar-refractivity contribution in [2.75, 3.05) is 25.1 Å². The largest absolute Gasteiger partial charge is 0.465 e. The highest BCUT2D eigenvalue weighted by Crippen LogP contribution is 2.13. The standard InChI is InChI=1S/C12H15N3O2/c1-3-15(8-4-6-13)11-9-10(5-7-14-11)12(16)17-2/h5,7,9H,3-4,8H2,1-2H3. The zero-order valence-electron chi connectivity index (χ0n) is 10.0. The summed E-state index contributed by atoms with van der Waals surface area (Å²) in [5, 5.41) is 8.57. The summed E-state index contributed by atoms with van der Waals surface area (Å²) in [7, 11) is 1.34. The maximum atomic E-state index is 11.4. The van der Waals surface area contributed by atoms with E-state index >= 15 is 0 Å². The molecular formula is C12H15N3O2. The van der Waals surface area contributed by atoms with E-state index in [1.165, 1.54) is 7.11 Å². The van der Waals surface area contributed by atoms with Crippen molar-refractivity contribution in [2.24, 2.45) is 0 Å². The molecule has 0 saturated carbocycles. The lowest BCUT2D eigenvalue weighted by atomic mass is 10.2. The lowest BCUT2D eigenvalue weighted by molar-refractivity contribution is 0.0600. The van der Waals surface area contributed by atoms with Crippen molar-refractivity contribution >= 4 is 11.8 Å². The summed E-state index contributed by atoms with van der Waals surface area (Å²) in [6, 6.07) is 5.37. The third-order valence-electron chi connectivity index (χ3n) is 2.37. The average Bonchev–Trinajstić information content (AvgIpc) is 2.39. The molecule has 90 valence electrons. The molecule has 0 aliphatic rings. The quantitative estimate of drug-likeness (QED) is 0.723. The van der Waals surface area contributed by atoms with Crippen molar-refractivity contribution in [2.45, 2.75) is 13.3 Å². The molecule has 1 aromatic rings. The van der Waals surface area contributed by atoms with Crippen molar-refractivity contribution in [3.05, 3.63) is 23.9 Å². The molecule has 0 radical (unpaired) electrons. The molecule has 0 unspecified atom stereocenters. The third kappa shape index (κ3) is 3.45. The summed E-state index contributed by atoms with van der Waals surface area (Å²) in [6.07, 6.45) is 1.99. The minimum absolute atomic E-state index is 0.384. The van der Waals surface area contributed by atoms with Gasteiger partial charge in [-0.3, -0.25) is 0 Å². The zero-order chi connectivity index (χ0) is 12.7. The lowest BCUT2D eigenvalue weighted by Crippen LogP contribution is -2.25. The number of carbonyl (C=O) groups is 1. The number of hydrogen-bond donors (Lipinski definition) is 0. The first kappa shape index (κ1) is 13.0. The van der Waals surface area contributed by atoms with Gasteiger partial charge in [-0.25, -0.2) is 9.78 Å². The molecule has 0 aromatic carbocycles. The van der Waals surface area contributed by atoms with Crippen LogP contribution in [0.25, 0.3) is 0 Å². The molecule has 0 aliphatic carbocycles. The number of rotatable bonds is 5. The Bertz CT molecular complexity index is 426. The Labute approximate surface area is 101 Å². The van der Waals surface area contributed by atoms with Crippen LogP contribution >= 0.6 is 0 Å². The van der Waals surface area contributed by atoms with Gasteiger partial charge < -0.3 is 9.64 Å². The van der Waals surface area contributed by atoms with Gasteiger partial charge in [0.15, 0.2) is 0 Å². The second-order valence-electron chi connectivity index (χ2n) is 3.38. The monoisotopic (exact) mass is 233 g/mol. The van der Waals surface area contributed by atoms with Gasteiger partial charge in [0.1, 0.15) is 5.82 Å². The number of nitriles is 1. The molecule has 0 spiro atoms. The van der Waals surface area contributed by atoms with E-state index in [0.29, 0.717) is 24.3 Å². The van der Waals surface area contributed by atoms with Crippen molar-refractivity contribution in [3.8, 4) is 6.07 Å². The molecule has 17 heavy (non-hydrogen) atoms. The van der Waals surface area contributed by atoms with Gasteiger partial charge in [0.05, 0.1) is 25.2 Å². The number of pyridine rings is 1. The van der Waals surface area contributed by atoms with E-state index in [1.807, 2.05) is 11.8 Å². The van der Waals surface area contributed by atoms with Crippen molar-refractivity contribution < 1.29 is 9.53 Å².